The van der Waals surface area contributed by atoms with Gasteiger partial charge in [-0.1, -0.05) is 12.1 Å². The maximum absolute atomic E-state index is 12.7. The zero-order chi connectivity index (χ0) is 20.6. The summed E-state index contributed by atoms with van der Waals surface area (Å²) < 4.78 is 0. The molecule has 1 aliphatic carbocycles. The predicted molar refractivity (Wildman–Crippen MR) is 114 cm³/mol. The Labute approximate surface area is 175 Å². The first-order chi connectivity index (χ1) is 13.9. The maximum Gasteiger partial charge on any atom is 0.325 e. The van der Waals surface area contributed by atoms with Crippen LogP contribution in [0.5, 0.6) is 0 Å². The molecule has 2 N–H and O–H groups in total. The maximum atomic E-state index is 12.7. The van der Waals surface area contributed by atoms with Gasteiger partial charge in [-0.3, -0.25) is 19.4 Å². The van der Waals surface area contributed by atoms with Gasteiger partial charge in [-0.2, -0.15) is 11.8 Å². The highest BCUT2D eigenvalue weighted by Gasteiger charge is 2.56. The van der Waals surface area contributed by atoms with E-state index in [1.165, 1.54) is 0 Å². The molecule has 2 heterocycles. The number of carbonyl (C=O) groups is 3. The van der Waals surface area contributed by atoms with E-state index >= 15 is 0 Å². The van der Waals surface area contributed by atoms with Crippen LogP contribution < -0.4 is 10.6 Å². The van der Waals surface area contributed by atoms with Crippen molar-refractivity contribution >= 4 is 35.3 Å². The third-order valence-electron chi connectivity index (χ3n) is 6.08. The molecule has 0 spiro atoms. The topological polar surface area (TPSA) is 81.8 Å². The molecular weight excluding hydrogens is 388 g/mol. The Bertz CT molecular complexity index is 835. The number of urea groups is 1. The molecular formula is C21H28N4O3S. The minimum absolute atomic E-state index is 0.180. The number of aryl methyl sites for hydroxylation is 1. The van der Waals surface area contributed by atoms with E-state index in [-0.39, 0.29) is 24.3 Å². The predicted octanol–water partition coefficient (Wildman–Crippen LogP) is 2.20. The van der Waals surface area contributed by atoms with Crippen molar-refractivity contribution in [3.63, 3.8) is 0 Å². The van der Waals surface area contributed by atoms with Crippen LogP contribution in [-0.2, 0) is 16.1 Å². The van der Waals surface area contributed by atoms with Crippen molar-refractivity contribution in [3.8, 4) is 0 Å². The van der Waals surface area contributed by atoms with Crippen LogP contribution in [0.25, 0.3) is 0 Å². The van der Waals surface area contributed by atoms with Crippen LogP contribution in [-0.4, -0.2) is 64.3 Å². The molecule has 156 valence electrons. The molecule has 1 aromatic rings. The first-order valence-electron chi connectivity index (χ1n) is 10.2. The molecule has 0 aromatic heterocycles. The normalized spacial score (nSPS) is 25.2. The van der Waals surface area contributed by atoms with Gasteiger partial charge >= 0.3 is 6.03 Å². The Hall–Kier alpha value is -2.06. The summed E-state index contributed by atoms with van der Waals surface area (Å²) in [6, 6.07) is 5.61. The molecule has 0 radical (unpaired) electrons. The third-order valence-corrected chi connectivity index (χ3v) is 7.03. The molecule has 29 heavy (non-hydrogen) atoms. The second kappa shape index (κ2) is 7.99. The molecule has 1 unspecified atom stereocenters. The van der Waals surface area contributed by atoms with Gasteiger partial charge in [0.2, 0.25) is 5.91 Å². The molecule has 4 rings (SSSR count). The molecule has 4 amide bonds. The molecule has 0 bridgehead atoms. The average molecular weight is 417 g/mol. The number of imide groups is 1. The van der Waals surface area contributed by atoms with Crippen LogP contribution >= 0.6 is 11.8 Å². The number of hydrogen-bond donors (Lipinski definition) is 2. The van der Waals surface area contributed by atoms with E-state index in [0.29, 0.717) is 0 Å². The fourth-order valence-corrected chi connectivity index (χ4v) is 5.03. The molecule has 3 aliphatic rings. The first kappa shape index (κ1) is 20.2. The van der Waals surface area contributed by atoms with Crippen LogP contribution in [0.2, 0.25) is 0 Å². The van der Waals surface area contributed by atoms with Gasteiger partial charge in [-0.05, 0) is 49.8 Å². The van der Waals surface area contributed by atoms with Gasteiger partial charge in [-0.15, -0.1) is 0 Å². The lowest BCUT2D eigenvalue weighted by atomic mass is 9.96. The number of carbonyl (C=O) groups excluding carboxylic acids is 3. The lowest BCUT2D eigenvalue weighted by Gasteiger charge is -2.26. The number of amides is 4. The monoisotopic (exact) mass is 416 g/mol. The van der Waals surface area contributed by atoms with E-state index in [2.05, 4.69) is 21.6 Å². The number of nitrogens with one attached hydrogen (secondary N) is 2. The smallest absolute Gasteiger partial charge is 0.324 e. The minimum Gasteiger partial charge on any atom is -0.324 e. The van der Waals surface area contributed by atoms with Crippen molar-refractivity contribution < 1.29 is 14.4 Å². The Balaban J connectivity index is 1.39. The Morgan fingerprint density at radius 1 is 1.28 bits per heavy atom. The highest BCUT2D eigenvalue weighted by molar-refractivity contribution is 7.99. The van der Waals surface area contributed by atoms with E-state index in [4.69, 9.17) is 0 Å². The highest BCUT2D eigenvalue weighted by atomic mass is 32.2. The zero-order valence-corrected chi connectivity index (χ0v) is 17.8. The first-order valence-corrected chi connectivity index (χ1v) is 11.4. The van der Waals surface area contributed by atoms with Gasteiger partial charge in [0.15, 0.2) is 0 Å². The van der Waals surface area contributed by atoms with Crippen LogP contribution in [0.3, 0.4) is 0 Å². The number of thioether (sulfide) groups is 1. The average Bonchev–Trinajstić information content (AvgIpc) is 3.51. The van der Waals surface area contributed by atoms with E-state index in [1.54, 1.807) is 6.92 Å². The summed E-state index contributed by atoms with van der Waals surface area (Å²) in [5, 5.41) is 5.67. The van der Waals surface area contributed by atoms with Crippen molar-refractivity contribution in [2.24, 2.45) is 5.92 Å². The number of rotatable bonds is 6. The fraction of sp³-hybridized carbons (Fsp3) is 0.571. The van der Waals surface area contributed by atoms with E-state index in [9.17, 15) is 14.4 Å². The number of hydrogen-bond acceptors (Lipinski definition) is 5. The number of nitrogens with zero attached hydrogens (tertiary/aromatic N) is 2. The largest absolute Gasteiger partial charge is 0.325 e. The molecule has 8 heteroatoms. The molecule has 1 atom stereocenters. The van der Waals surface area contributed by atoms with Crippen molar-refractivity contribution in [1.29, 1.82) is 0 Å². The quantitative estimate of drug-likeness (QED) is 0.695. The SMILES string of the molecule is Cc1ccc(CN2CCSCC2)cc1NC(=O)CN1C(=O)NC(C)(C2CC2)C1=O. The highest BCUT2D eigenvalue weighted by Crippen LogP contribution is 2.42. The molecule has 2 aliphatic heterocycles. The standard InChI is InChI=1S/C21H28N4O3S/c1-14-3-4-15(12-24-7-9-29-10-8-24)11-17(14)22-18(26)13-25-19(27)21(2,16-5-6-16)23-20(25)28/h3-4,11,16H,5-10,12-13H2,1-2H3,(H,22,26)(H,23,28). The molecule has 1 aromatic carbocycles. The summed E-state index contributed by atoms with van der Waals surface area (Å²) in [4.78, 5) is 41.0. The Morgan fingerprint density at radius 2 is 2.00 bits per heavy atom. The van der Waals surface area contributed by atoms with Crippen LogP contribution in [0, 0.1) is 12.8 Å². The van der Waals surface area contributed by atoms with E-state index < -0.39 is 11.6 Å². The summed E-state index contributed by atoms with van der Waals surface area (Å²) in [5.41, 5.74) is 1.97. The van der Waals surface area contributed by atoms with Crippen LogP contribution in [0.4, 0.5) is 10.5 Å². The summed E-state index contributed by atoms with van der Waals surface area (Å²) in [6.07, 6.45) is 1.87. The van der Waals surface area contributed by atoms with Gasteiger partial charge in [0.1, 0.15) is 12.1 Å². The van der Waals surface area contributed by atoms with Crippen molar-refractivity contribution in [2.75, 3.05) is 36.5 Å². The zero-order valence-electron chi connectivity index (χ0n) is 17.0. The van der Waals surface area contributed by atoms with Gasteiger partial charge in [0.25, 0.3) is 5.91 Å². The van der Waals surface area contributed by atoms with Gasteiger partial charge in [0, 0.05) is 36.8 Å². The lowest BCUT2D eigenvalue weighted by Crippen LogP contribution is -2.46. The Kier molecular flexibility index (Phi) is 5.57. The van der Waals surface area contributed by atoms with Crippen molar-refractivity contribution in [2.45, 2.75) is 38.8 Å². The fourth-order valence-electron chi connectivity index (χ4n) is 4.05. The molecule has 7 nitrogen and oxygen atoms in total. The molecule has 2 saturated heterocycles. The number of benzene rings is 1. The van der Waals surface area contributed by atoms with Gasteiger partial charge in [0.05, 0.1) is 0 Å². The number of anilines is 1. The van der Waals surface area contributed by atoms with Crippen LogP contribution in [0.15, 0.2) is 18.2 Å². The second-order valence-corrected chi connectivity index (χ2v) is 9.61. The third kappa shape index (κ3) is 4.28. The van der Waals surface area contributed by atoms with Gasteiger partial charge < -0.3 is 10.6 Å². The summed E-state index contributed by atoms with van der Waals surface area (Å²) in [6.45, 7) is 6.44. The molecule has 3 fully saturated rings. The summed E-state index contributed by atoms with van der Waals surface area (Å²) in [5.74, 6) is 1.83. The Morgan fingerprint density at radius 3 is 2.69 bits per heavy atom. The second-order valence-electron chi connectivity index (χ2n) is 8.38. The minimum atomic E-state index is -0.861. The molecule has 1 saturated carbocycles. The van der Waals surface area contributed by atoms with Crippen LogP contribution in [0.1, 0.15) is 30.9 Å². The van der Waals surface area contributed by atoms with Crippen molar-refractivity contribution in [3.05, 3.63) is 29.3 Å². The summed E-state index contributed by atoms with van der Waals surface area (Å²) in [7, 11) is 0. The van der Waals surface area contributed by atoms with Gasteiger partial charge in [-0.25, -0.2) is 4.79 Å². The lowest BCUT2D eigenvalue weighted by molar-refractivity contribution is -0.134. The van der Waals surface area contributed by atoms with Crippen molar-refractivity contribution in [1.82, 2.24) is 15.1 Å². The summed E-state index contributed by atoms with van der Waals surface area (Å²) >= 11 is 1.98. The van der Waals surface area contributed by atoms with E-state index in [0.717, 1.165) is 65.7 Å². The van der Waals surface area contributed by atoms with E-state index in [1.807, 2.05) is 30.8 Å².